The summed E-state index contributed by atoms with van der Waals surface area (Å²) in [5.74, 6) is 0. The normalized spacial score (nSPS) is 10.6. The first-order valence-electron chi connectivity index (χ1n) is 6.29. The Balaban J connectivity index is 2.60. The molecule has 0 spiro atoms. The minimum Gasteiger partial charge on any atom is -0.0614 e. The molecular weight excluding hydrogens is 204 g/mol. The maximum atomic E-state index is 2.31. The van der Waals surface area contributed by atoms with Crippen LogP contribution in [-0.2, 0) is 6.42 Å². The molecule has 0 aliphatic heterocycles. The molecule has 0 amide bonds. The highest BCUT2D eigenvalue weighted by Gasteiger charge is 2.06. The number of aryl methyl sites for hydroxylation is 4. The van der Waals surface area contributed by atoms with Gasteiger partial charge >= 0.3 is 0 Å². The van der Waals surface area contributed by atoms with E-state index in [-0.39, 0.29) is 0 Å². The van der Waals surface area contributed by atoms with E-state index >= 15 is 0 Å². The number of hydrogen-bond donors (Lipinski definition) is 0. The van der Waals surface area contributed by atoms with Crippen molar-refractivity contribution in [2.75, 3.05) is 0 Å². The molecule has 0 saturated heterocycles. The molecule has 0 radical (unpaired) electrons. The van der Waals surface area contributed by atoms with Gasteiger partial charge < -0.3 is 0 Å². The van der Waals surface area contributed by atoms with Crippen LogP contribution in [0.25, 0.3) is 11.1 Å². The fourth-order valence-electron chi connectivity index (χ4n) is 2.58. The number of benzene rings is 2. The predicted molar refractivity (Wildman–Crippen MR) is 75.5 cm³/mol. The van der Waals surface area contributed by atoms with Crippen LogP contribution in [0.4, 0.5) is 0 Å². The second-order valence-corrected chi connectivity index (χ2v) is 4.83. The van der Waals surface area contributed by atoms with E-state index < -0.39 is 0 Å². The highest BCUT2D eigenvalue weighted by atomic mass is 14.1. The van der Waals surface area contributed by atoms with E-state index in [9.17, 15) is 0 Å². The van der Waals surface area contributed by atoms with Gasteiger partial charge in [-0.25, -0.2) is 0 Å². The van der Waals surface area contributed by atoms with Crippen LogP contribution in [-0.4, -0.2) is 0 Å². The Hall–Kier alpha value is -1.56. The van der Waals surface area contributed by atoms with Crippen LogP contribution in [0, 0.1) is 20.8 Å². The third-order valence-corrected chi connectivity index (χ3v) is 3.30. The second kappa shape index (κ2) is 4.75. The van der Waals surface area contributed by atoms with Crippen molar-refractivity contribution in [2.24, 2.45) is 0 Å². The minimum absolute atomic E-state index is 1.10. The molecule has 0 heterocycles. The van der Waals surface area contributed by atoms with Crippen LogP contribution in [0.2, 0.25) is 0 Å². The van der Waals surface area contributed by atoms with Gasteiger partial charge in [0.1, 0.15) is 0 Å². The SMILES string of the molecule is CCc1cccc(-c2c(C)cc(C)cc2C)c1. The molecule has 0 N–H and O–H groups in total. The van der Waals surface area contributed by atoms with Gasteiger partial charge in [0.2, 0.25) is 0 Å². The van der Waals surface area contributed by atoms with Gasteiger partial charge in [-0.05, 0) is 55.0 Å². The van der Waals surface area contributed by atoms with Crippen molar-refractivity contribution in [2.45, 2.75) is 34.1 Å². The highest BCUT2D eigenvalue weighted by molar-refractivity contribution is 5.71. The van der Waals surface area contributed by atoms with Gasteiger partial charge in [-0.3, -0.25) is 0 Å². The standard InChI is InChI=1S/C17H20/c1-5-15-7-6-8-16(11-15)17-13(3)9-12(2)10-14(17)4/h6-11H,5H2,1-4H3. The zero-order valence-corrected chi connectivity index (χ0v) is 11.2. The summed E-state index contributed by atoms with van der Waals surface area (Å²) in [6.45, 7) is 8.77. The van der Waals surface area contributed by atoms with E-state index in [0.29, 0.717) is 0 Å². The van der Waals surface area contributed by atoms with Crippen LogP contribution >= 0.6 is 0 Å². The molecule has 0 heteroatoms. The third-order valence-electron chi connectivity index (χ3n) is 3.30. The lowest BCUT2D eigenvalue weighted by Crippen LogP contribution is -1.91. The lowest BCUT2D eigenvalue weighted by molar-refractivity contribution is 1.14. The molecule has 0 nitrogen and oxygen atoms in total. The quantitative estimate of drug-likeness (QED) is 0.684. The van der Waals surface area contributed by atoms with Crippen molar-refractivity contribution in [3.8, 4) is 11.1 Å². The molecule has 2 aromatic rings. The highest BCUT2D eigenvalue weighted by Crippen LogP contribution is 2.28. The van der Waals surface area contributed by atoms with Crippen molar-refractivity contribution in [3.05, 3.63) is 58.7 Å². The number of rotatable bonds is 2. The van der Waals surface area contributed by atoms with E-state index in [0.717, 1.165) is 6.42 Å². The Labute approximate surface area is 104 Å². The molecule has 0 bridgehead atoms. The van der Waals surface area contributed by atoms with Gasteiger partial charge in [0.05, 0.1) is 0 Å². The topological polar surface area (TPSA) is 0 Å². The van der Waals surface area contributed by atoms with Crippen molar-refractivity contribution in [1.29, 1.82) is 0 Å². The van der Waals surface area contributed by atoms with Crippen LogP contribution in [0.5, 0.6) is 0 Å². The van der Waals surface area contributed by atoms with Crippen LogP contribution < -0.4 is 0 Å². The summed E-state index contributed by atoms with van der Waals surface area (Å²) in [5, 5.41) is 0. The van der Waals surface area contributed by atoms with Gasteiger partial charge in [-0.1, -0.05) is 48.9 Å². The van der Waals surface area contributed by atoms with Gasteiger partial charge in [0.15, 0.2) is 0 Å². The minimum atomic E-state index is 1.10. The summed E-state index contributed by atoms with van der Waals surface area (Å²) in [6, 6.07) is 13.4. The summed E-state index contributed by atoms with van der Waals surface area (Å²) in [4.78, 5) is 0. The van der Waals surface area contributed by atoms with Gasteiger partial charge in [-0.15, -0.1) is 0 Å². The summed E-state index contributed by atoms with van der Waals surface area (Å²) in [7, 11) is 0. The summed E-state index contributed by atoms with van der Waals surface area (Å²) in [5.41, 5.74) is 8.23. The van der Waals surface area contributed by atoms with Gasteiger partial charge in [0, 0.05) is 0 Å². The monoisotopic (exact) mass is 224 g/mol. The Morgan fingerprint density at radius 3 is 2.12 bits per heavy atom. The molecule has 0 aliphatic carbocycles. The average Bonchev–Trinajstić information content (AvgIpc) is 2.28. The molecule has 0 atom stereocenters. The van der Waals surface area contributed by atoms with E-state index in [4.69, 9.17) is 0 Å². The lowest BCUT2D eigenvalue weighted by atomic mass is 9.93. The molecule has 88 valence electrons. The molecule has 0 aromatic heterocycles. The zero-order chi connectivity index (χ0) is 12.4. The Kier molecular flexibility index (Phi) is 3.33. The smallest absolute Gasteiger partial charge is 0.0125 e. The van der Waals surface area contributed by atoms with E-state index in [1.54, 1.807) is 0 Å². The third kappa shape index (κ3) is 2.41. The van der Waals surface area contributed by atoms with Crippen molar-refractivity contribution in [1.82, 2.24) is 0 Å². The molecule has 2 rings (SSSR count). The lowest BCUT2D eigenvalue weighted by Gasteiger charge is -2.12. The van der Waals surface area contributed by atoms with E-state index in [1.807, 2.05) is 0 Å². The maximum absolute atomic E-state index is 2.31. The van der Waals surface area contributed by atoms with Crippen molar-refractivity contribution in [3.63, 3.8) is 0 Å². The van der Waals surface area contributed by atoms with Crippen molar-refractivity contribution < 1.29 is 0 Å². The molecule has 0 aliphatic rings. The molecule has 0 unspecified atom stereocenters. The van der Waals surface area contributed by atoms with Gasteiger partial charge in [-0.2, -0.15) is 0 Å². The first-order valence-corrected chi connectivity index (χ1v) is 6.29. The predicted octanol–water partition coefficient (Wildman–Crippen LogP) is 4.84. The molecule has 0 saturated carbocycles. The molecule has 2 aromatic carbocycles. The largest absolute Gasteiger partial charge is 0.0614 e. The summed E-state index contributed by atoms with van der Waals surface area (Å²) >= 11 is 0. The average molecular weight is 224 g/mol. The van der Waals surface area contributed by atoms with Crippen molar-refractivity contribution >= 4 is 0 Å². The fourth-order valence-corrected chi connectivity index (χ4v) is 2.58. The Morgan fingerprint density at radius 1 is 0.882 bits per heavy atom. The van der Waals surface area contributed by atoms with Crippen LogP contribution in [0.3, 0.4) is 0 Å². The molecular formula is C17H20. The summed E-state index contributed by atoms with van der Waals surface area (Å²) in [6.07, 6.45) is 1.10. The number of hydrogen-bond acceptors (Lipinski definition) is 0. The Morgan fingerprint density at radius 2 is 1.53 bits per heavy atom. The van der Waals surface area contributed by atoms with Gasteiger partial charge in [0.25, 0.3) is 0 Å². The second-order valence-electron chi connectivity index (χ2n) is 4.83. The zero-order valence-electron chi connectivity index (χ0n) is 11.2. The maximum Gasteiger partial charge on any atom is -0.0125 e. The molecule has 0 fully saturated rings. The van der Waals surface area contributed by atoms with E-state index in [1.165, 1.54) is 33.4 Å². The van der Waals surface area contributed by atoms with Crippen LogP contribution in [0.15, 0.2) is 36.4 Å². The molecule has 17 heavy (non-hydrogen) atoms. The summed E-state index contributed by atoms with van der Waals surface area (Å²) < 4.78 is 0. The first-order chi connectivity index (χ1) is 8.11. The first kappa shape index (κ1) is 11.9. The Bertz CT molecular complexity index is 512. The fraction of sp³-hybridized carbons (Fsp3) is 0.294. The van der Waals surface area contributed by atoms with E-state index in [2.05, 4.69) is 64.1 Å². The van der Waals surface area contributed by atoms with Crippen LogP contribution in [0.1, 0.15) is 29.2 Å².